The first kappa shape index (κ1) is 62.5. The quantitative estimate of drug-likeness (QED) is 0.0262. The van der Waals surface area contributed by atoms with Gasteiger partial charge in [-0.2, -0.15) is 0 Å². The second-order valence-corrected chi connectivity index (χ2v) is 16.3. The third kappa shape index (κ3) is 51.5. The largest absolute Gasteiger partial charge is 0.462 e. The highest BCUT2D eigenvalue weighted by Gasteiger charge is 2.19. The number of hydrogen-bond acceptors (Lipinski definition) is 6. The van der Waals surface area contributed by atoms with Gasteiger partial charge in [-0.3, -0.25) is 14.4 Å². The Kier molecular flexibility index (Phi) is 49.7. The Morgan fingerprint density at radius 3 is 0.912 bits per heavy atom. The average Bonchev–Trinajstić information content (AvgIpc) is 3.34. The molecular weight excluding hydrogens is 841 g/mol. The van der Waals surface area contributed by atoms with Gasteiger partial charge in [-0.15, -0.1) is 0 Å². The molecule has 0 saturated carbocycles. The molecular formula is C62H90O6. The third-order valence-electron chi connectivity index (χ3n) is 10.0. The van der Waals surface area contributed by atoms with E-state index >= 15 is 0 Å². The summed E-state index contributed by atoms with van der Waals surface area (Å²) >= 11 is 0. The first-order chi connectivity index (χ1) is 33.5. The maximum absolute atomic E-state index is 12.8. The first-order valence-corrected chi connectivity index (χ1v) is 26.0. The van der Waals surface area contributed by atoms with Crippen LogP contribution in [0, 0.1) is 0 Å². The zero-order chi connectivity index (χ0) is 49.3. The normalized spacial score (nSPS) is 13.6. The summed E-state index contributed by atoms with van der Waals surface area (Å²) in [5, 5.41) is 0. The highest BCUT2D eigenvalue weighted by Crippen LogP contribution is 2.12. The van der Waals surface area contributed by atoms with E-state index in [1.54, 1.807) is 0 Å². The molecule has 374 valence electrons. The molecule has 0 fully saturated rings. The van der Waals surface area contributed by atoms with Gasteiger partial charge in [0.05, 0.1) is 0 Å². The summed E-state index contributed by atoms with van der Waals surface area (Å²) in [4.78, 5) is 38.0. The highest BCUT2D eigenvalue weighted by molar-refractivity contribution is 5.71. The summed E-state index contributed by atoms with van der Waals surface area (Å²) in [6.07, 6.45) is 81.5. The molecule has 0 heterocycles. The molecule has 0 amide bonds. The fraction of sp³-hybridized carbons (Fsp3) is 0.468. The van der Waals surface area contributed by atoms with Gasteiger partial charge in [-0.05, 0) is 83.5 Å². The van der Waals surface area contributed by atoms with Crippen molar-refractivity contribution in [2.45, 2.75) is 175 Å². The minimum atomic E-state index is -0.837. The molecule has 0 aromatic carbocycles. The van der Waals surface area contributed by atoms with E-state index in [0.29, 0.717) is 12.8 Å². The minimum Gasteiger partial charge on any atom is -0.462 e. The smallest absolute Gasteiger partial charge is 0.306 e. The molecule has 0 aliphatic heterocycles. The summed E-state index contributed by atoms with van der Waals surface area (Å²) in [6.45, 7) is 6.18. The van der Waals surface area contributed by atoms with Gasteiger partial charge in [0.15, 0.2) is 6.10 Å². The van der Waals surface area contributed by atoms with Gasteiger partial charge >= 0.3 is 17.9 Å². The Bertz CT molecular complexity index is 1680. The Morgan fingerprint density at radius 2 is 0.574 bits per heavy atom. The van der Waals surface area contributed by atoms with Gasteiger partial charge in [0, 0.05) is 19.3 Å². The lowest BCUT2D eigenvalue weighted by molar-refractivity contribution is -0.167. The van der Waals surface area contributed by atoms with Crippen molar-refractivity contribution in [2.24, 2.45) is 0 Å². The van der Waals surface area contributed by atoms with Crippen LogP contribution in [-0.4, -0.2) is 37.2 Å². The lowest BCUT2D eigenvalue weighted by Gasteiger charge is -2.18. The minimum absolute atomic E-state index is 0.134. The number of hydrogen-bond donors (Lipinski definition) is 0. The van der Waals surface area contributed by atoms with E-state index in [1.807, 2.05) is 109 Å². The summed E-state index contributed by atoms with van der Waals surface area (Å²) in [6, 6.07) is 0. The number of rotatable bonds is 43. The van der Waals surface area contributed by atoms with Crippen LogP contribution in [0.4, 0.5) is 0 Å². The first-order valence-electron chi connectivity index (χ1n) is 26.0. The fourth-order valence-electron chi connectivity index (χ4n) is 6.15. The van der Waals surface area contributed by atoms with Gasteiger partial charge in [0.1, 0.15) is 13.2 Å². The monoisotopic (exact) mass is 931 g/mol. The Hall–Kier alpha value is -5.49. The van der Waals surface area contributed by atoms with Crippen molar-refractivity contribution in [2.75, 3.05) is 13.2 Å². The molecule has 0 aromatic heterocycles. The van der Waals surface area contributed by atoms with E-state index in [2.05, 4.69) is 93.7 Å². The second-order valence-electron chi connectivity index (χ2n) is 16.3. The van der Waals surface area contributed by atoms with Crippen LogP contribution in [0.2, 0.25) is 0 Å². The van der Waals surface area contributed by atoms with Crippen molar-refractivity contribution >= 4 is 17.9 Å². The molecule has 6 heteroatoms. The number of allylic oxidation sites excluding steroid dienone is 30. The van der Waals surface area contributed by atoms with Crippen molar-refractivity contribution in [1.82, 2.24) is 0 Å². The van der Waals surface area contributed by atoms with Crippen LogP contribution >= 0.6 is 0 Å². The number of carbonyl (C=O) groups is 3. The lowest BCUT2D eigenvalue weighted by atomic mass is 10.1. The number of esters is 3. The van der Waals surface area contributed by atoms with E-state index in [-0.39, 0.29) is 50.4 Å². The molecule has 0 aromatic rings. The van der Waals surface area contributed by atoms with Gasteiger partial charge in [-0.25, -0.2) is 0 Å². The van der Waals surface area contributed by atoms with Crippen LogP contribution in [0.1, 0.15) is 168 Å². The van der Waals surface area contributed by atoms with Crippen LogP contribution < -0.4 is 0 Å². The molecule has 6 nitrogen and oxygen atoms in total. The Labute approximate surface area is 414 Å². The zero-order valence-corrected chi connectivity index (χ0v) is 42.5. The molecule has 1 unspecified atom stereocenters. The van der Waals surface area contributed by atoms with Crippen LogP contribution in [0.5, 0.6) is 0 Å². The van der Waals surface area contributed by atoms with Crippen molar-refractivity contribution in [3.8, 4) is 0 Å². The molecule has 0 rings (SSSR count). The van der Waals surface area contributed by atoms with Crippen molar-refractivity contribution in [3.63, 3.8) is 0 Å². The summed E-state index contributed by atoms with van der Waals surface area (Å²) < 4.78 is 16.7. The van der Waals surface area contributed by atoms with Crippen molar-refractivity contribution in [1.29, 1.82) is 0 Å². The number of unbranched alkanes of at least 4 members (excludes halogenated alkanes) is 14. The SMILES string of the molecule is CC\C=C/C=C\C=C/C=C\C=C\C=C/C=C\CCCCCC(=O)OCC(COC(=O)CCCCC\C=C/C=C\C=C/C=C\CC)OC(=O)CCCCCCC\C=C/C=C\C=C/C=C\CCCCC. The van der Waals surface area contributed by atoms with Crippen LogP contribution in [0.15, 0.2) is 182 Å². The van der Waals surface area contributed by atoms with Crippen molar-refractivity contribution < 1.29 is 28.6 Å². The third-order valence-corrected chi connectivity index (χ3v) is 10.0. The molecule has 0 aliphatic carbocycles. The molecule has 0 spiro atoms. The van der Waals surface area contributed by atoms with Gasteiger partial charge in [-0.1, -0.05) is 248 Å². The number of carbonyl (C=O) groups excluding carboxylic acids is 3. The summed E-state index contributed by atoms with van der Waals surface area (Å²) in [5.41, 5.74) is 0. The molecule has 68 heavy (non-hydrogen) atoms. The van der Waals surface area contributed by atoms with E-state index in [1.165, 1.54) is 19.3 Å². The molecule has 0 radical (unpaired) electrons. The van der Waals surface area contributed by atoms with E-state index in [9.17, 15) is 14.4 Å². The maximum atomic E-state index is 12.8. The number of ether oxygens (including phenoxy) is 3. The summed E-state index contributed by atoms with van der Waals surface area (Å²) in [7, 11) is 0. The van der Waals surface area contributed by atoms with Gasteiger partial charge in [0.25, 0.3) is 0 Å². The topological polar surface area (TPSA) is 78.9 Å². The zero-order valence-electron chi connectivity index (χ0n) is 42.5. The molecule has 1 atom stereocenters. The highest BCUT2D eigenvalue weighted by atomic mass is 16.6. The maximum Gasteiger partial charge on any atom is 0.306 e. The second kappa shape index (κ2) is 54.1. The van der Waals surface area contributed by atoms with Crippen LogP contribution in [0.25, 0.3) is 0 Å². The van der Waals surface area contributed by atoms with E-state index < -0.39 is 6.10 Å². The van der Waals surface area contributed by atoms with Gasteiger partial charge in [0.2, 0.25) is 0 Å². The average molecular weight is 931 g/mol. The predicted octanol–water partition coefficient (Wildman–Crippen LogP) is 17.4. The standard InChI is InChI=1S/C62H90O6/c1-4-7-10-13-16-19-22-25-27-29-31-33-34-37-40-43-46-49-52-55-61(64)67-58-59(57-66-60(63)54-51-48-45-42-39-36-24-21-18-15-12-9-6-3)68-62(65)56-53-50-47-44-41-38-35-32-30-28-26-23-20-17-14-11-8-5-2/h7,9-10,12-13,15-37,39-40,59H,4-6,8,11,14,38,41-58H2,1-3H3/b10-7-,12-9-,16-13-,18-15-,20-17-,22-19-,24-21-,26-23-,27-25-,30-28-,31-29+,34-33-,35-32-,39-36-,40-37-. The predicted molar refractivity (Wildman–Crippen MR) is 292 cm³/mol. The molecule has 0 N–H and O–H groups in total. The van der Waals surface area contributed by atoms with Crippen LogP contribution in [-0.2, 0) is 28.6 Å². The molecule has 0 aliphatic rings. The Balaban J connectivity index is 4.65. The molecule has 0 bridgehead atoms. The van der Waals surface area contributed by atoms with Crippen LogP contribution in [0.3, 0.4) is 0 Å². The van der Waals surface area contributed by atoms with E-state index in [0.717, 1.165) is 96.3 Å². The summed E-state index contributed by atoms with van der Waals surface area (Å²) in [5.74, 6) is -1.06. The fourth-order valence-corrected chi connectivity index (χ4v) is 6.15. The molecule has 0 saturated heterocycles. The Morgan fingerprint density at radius 1 is 0.309 bits per heavy atom. The van der Waals surface area contributed by atoms with Crippen molar-refractivity contribution in [3.05, 3.63) is 182 Å². The lowest BCUT2D eigenvalue weighted by Crippen LogP contribution is -2.30. The van der Waals surface area contributed by atoms with E-state index in [4.69, 9.17) is 14.2 Å². The van der Waals surface area contributed by atoms with Gasteiger partial charge < -0.3 is 14.2 Å².